The summed E-state index contributed by atoms with van der Waals surface area (Å²) in [6.07, 6.45) is 0. The minimum absolute atomic E-state index is 0.0507. The highest BCUT2D eigenvalue weighted by Gasteiger charge is 2.11. The summed E-state index contributed by atoms with van der Waals surface area (Å²) in [5.41, 5.74) is 1.87. The van der Waals surface area contributed by atoms with Gasteiger partial charge in [-0.1, -0.05) is 82.3 Å². The Hall–Kier alpha value is -1.97. The molecule has 0 saturated carbocycles. The largest absolute Gasteiger partial charge is 0.392 e. The quantitative estimate of drug-likeness (QED) is 0.740. The summed E-state index contributed by atoms with van der Waals surface area (Å²) in [7, 11) is 0. The van der Waals surface area contributed by atoms with Crippen LogP contribution in [0.2, 0.25) is 0 Å². The molecule has 0 heterocycles. The number of benzene rings is 2. The molecule has 2 aromatic rings. The van der Waals surface area contributed by atoms with Crippen molar-refractivity contribution >= 4 is 5.78 Å². The van der Waals surface area contributed by atoms with E-state index in [1.807, 2.05) is 24.3 Å². The molecule has 0 aliphatic heterocycles. The topological polar surface area (TPSA) is 46.5 Å². The Morgan fingerprint density at radius 1 is 0.880 bits per heavy atom. The Labute approximate surface area is 151 Å². The first-order valence-corrected chi connectivity index (χ1v) is 8.82. The summed E-state index contributed by atoms with van der Waals surface area (Å²) in [6, 6.07) is 16.2. The van der Waals surface area contributed by atoms with Gasteiger partial charge in [0.1, 0.15) is 0 Å². The Kier molecular flexibility index (Phi) is 9.75. The van der Waals surface area contributed by atoms with Gasteiger partial charge >= 0.3 is 0 Å². The molecule has 3 nitrogen and oxygen atoms in total. The molecule has 0 atom stereocenters. The fourth-order valence-corrected chi connectivity index (χ4v) is 2.16. The molecular formula is C22H30O3. The number of hydrogen-bond donors (Lipinski definition) is 1. The van der Waals surface area contributed by atoms with E-state index in [0.717, 1.165) is 13.2 Å². The van der Waals surface area contributed by atoms with Crippen LogP contribution in [0.4, 0.5) is 0 Å². The molecule has 0 bridgehead atoms. The summed E-state index contributed by atoms with van der Waals surface area (Å²) in [5.74, 6) is 1.29. The fraction of sp³-hybridized carbons (Fsp3) is 0.409. The first-order valence-electron chi connectivity index (χ1n) is 8.82. The fourth-order valence-electron chi connectivity index (χ4n) is 2.16. The van der Waals surface area contributed by atoms with Crippen molar-refractivity contribution in [3.63, 3.8) is 0 Å². The highest BCUT2D eigenvalue weighted by atomic mass is 16.5. The lowest BCUT2D eigenvalue weighted by Gasteiger charge is -2.07. The molecule has 0 spiro atoms. The van der Waals surface area contributed by atoms with Crippen LogP contribution in [0.5, 0.6) is 0 Å². The van der Waals surface area contributed by atoms with Crippen molar-refractivity contribution in [2.45, 2.75) is 34.3 Å². The van der Waals surface area contributed by atoms with Crippen molar-refractivity contribution in [3.8, 4) is 0 Å². The zero-order chi connectivity index (χ0) is 18.7. The van der Waals surface area contributed by atoms with E-state index in [0.29, 0.717) is 28.5 Å². The van der Waals surface area contributed by atoms with Gasteiger partial charge in [0.2, 0.25) is 0 Å². The highest BCUT2D eigenvalue weighted by molar-refractivity contribution is 6.09. The molecule has 0 unspecified atom stereocenters. The van der Waals surface area contributed by atoms with Gasteiger partial charge in [-0.25, -0.2) is 0 Å². The van der Waals surface area contributed by atoms with Gasteiger partial charge in [-0.3, -0.25) is 4.79 Å². The third-order valence-electron chi connectivity index (χ3n) is 3.37. The maximum atomic E-state index is 12.1. The van der Waals surface area contributed by atoms with Crippen LogP contribution in [0.1, 0.15) is 49.2 Å². The molecule has 1 N–H and O–H groups in total. The van der Waals surface area contributed by atoms with Crippen molar-refractivity contribution in [2.24, 2.45) is 11.8 Å². The third-order valence-corrected chi connectivity index (χ3v) is 3.37. The SMILES string of the molecule is CC(C)COCC(C)C.O=C(c1ccccc1)c1ccccc1CO. The van der Waals surface area contributed by atoms with Crippen LogP contribution in [0.25, 0.3) is 0 Å². The van der Waals surface area contributed by atoms with Gasteiger partial charge < -0.3 is 9.84 Å². The molecule has 0 amide bonds. The smallest absolute Gasteiger partial charge is 0.193 e. The number of aliphatic hydroxyl groups excluding tert-OH is 1. The highest BCUT2D eigenvalue weighted by Crippen LogP contribution is 2.14. The Balaban J connectivity index is 0.000000299. The third kappa shape index (κ3) is 8.10. The van der Waals surface area contributed by atoms with E-state index in [4.69, 9.17) is 9.84 Å². The first kappa shape index (κ1) is 21.1. The number of carbonyl (C=O) groups excluding carboxylic acids is 1. The Morgan fingerprint density at radius 2 is 1.40 bits per heavy atom. The number of ether oxygens (including phenoxy) is 1. The van der Waals surface area contributed by atoms with Gasteiger partial charge in [-0.2, -0.15) is 0 Å². The van der Waals surface area contributed by atoms with Gasteiger partial charge in [0.05, 0.1) is 6.61 Å². The lowest BCUT2D eigenvalue weighted by Crippen LogP contribution is -2.06. The minimum atomic E-state index is -0.116. The van der Waals surface area contributed by atoms with E-state index in [1.54, 1.807) is 30.3 Å². The normalized spacial score (nSPS) is 10.5. The lowest BCUT2D eigenvalue weighted by atomic mass is 9.99. The second kappa shape index (κ2) is 11.6. The summed E-state index contributed by atoms with van der Waals surface area (Å²) in [4.78, 5) is 12.1. The van der Waals surface area contributed by atoms with Crippen molar-refractivity contribution in [1.29, 1.82) is 0 Å². The van der Waals surface area contributed by atoms with Crippen LogP contribution >= 0.6 is 0 Å². The van der Waals surface area contributed by atoms with Crippen molar-refractivity contribution in [2.75, 3.05) is 13.2 Å². The first-order chi connectivity index (χ1) is 12.0. The van der Waals surface area contributed by atoms with E-state index in [9.17, 15) is 4.79 Å². The molecule has 0 aliphatic rings. The van der Waals surface area contributed by atoms with Crippen molar-refractivity contribution < 1.29 is 14.6 Å². The van der Waals surface area contributed by atoms with Gasteiger partial charge in [0.25, 0.3) is 0 Å². The average molecular weight is 342 g/mol. The Bertz CT molecular complexity index is 610. The standard InChI is InChI=1S/C14H12O2.C8H18O/c15-10-12-8-4-5-9-13(12)14(16)11-6-2-1-3-7-11;1-7(2)5-9-6-8(3)4/h1-9,15H,10H2;7-8H,5-6H2,1-4H3. The predicted molar refractivity (Wildman–Crippen MR) is 103 cm³/mol. The van der Waals surface area contributed by atoms with Crippen LogP contribution < -0.4 is 0 Å². The van der Waals surface area contributed by atoms with E-state index in [1.165, 1.54) is 0 Å². The molecule has 3 heteroatoms. The maximum absolute atomic E-state index is 12.1. The monoisotopic (exact) mass is 342 g/mol. The van der Waals surface area contributed by atoms with Crippen LogP contribution in [0.15, 0.2) is 54.6 Å². The number of ketones is 1. The van der Waals surface area contributed by atoms with E-state index in [2.05, 4.69) is 27.7 Å². The molecule has 0 fully saturated rings. The molecule has 2 aromatic carbocycles. The molecule has 0 aliphatic carbocycles. The molecule has 0 saturated heterocycles. The van der Waals surface area contributed by atoms with Crippen molar-refractivity contribution in [3.05, 3.63) is 71.3 Å². The van der Waals surface area contributed by atoms with Gasteiger partial charge in [0.15, 0.2) is 5.78 Å². The van der Waals surface area contributed by atoms with Crippen molar-refractivity contribution in [1.82, 2.24) is 0 Å². The van der Waals surface area contributed by atoms with Crippen LogP contribution in [0.3, 0.4) is 0 Å². The van der Waals surface area contributed by atoms with Gasteiger partial charge in [-0.15, -0.1) is 0 Å². The van der Waals surface area contributed by atoms with Gasteiger partial charge in [-0.05, 0) is 17.4 Å². The molecule has 136 valence electrons. The zero-order valence-electron chi connectivity index (χ0n) is 15.7. The summed E-state index contributed by atoms with van der Waals surface area (Å²) < 4.78 is 5.36. The van der Waals surface area contributed by atoms with Crippen LogP contribution in [-0.2, 0) is 11.3 Å². The summed E-state index contributed by atoms with van der Waals surface area (Å²) >= 11 is 0. The molecule has 0 radical (unpaired) electrons. The number of hydrogen-bond acceptors (Lipinski definition) is 3. The van der Waals surface area contributed by atoms with E-state index < -0.39 is 0 Å². The molecule has 2 rings (SSSR count). The Morgan fingerprint density at radius 3 is 1.92 bits per heavy atom. The second-order valence-electron chi connectivity index (χ2n) is 6.84. The number of carbonyl (C=O) groups is 1. The van der Waals surface area contributed by atoms with E-state index >= 15 is 0 Å². The number of rotatable bonds is 7. The van der Waals surface area contributed by atoms with E-state index in [-0.39, 0.29) is 12.4 Å². The molecular weight excluding hydrogens is 312 g/mol. The van der Waals surface area contributed by atoms with Gasteiger partial charge in [0, 0.05) is 24.3 Å². The van der Waals surface area contributed by atoms with Crippen LogP contribution in [0, 0.1) is 11.8 Å². The minimum Gasteiger partial charge on any atom is -0.392 e. The second-order valence-corrected chi connectivity index (χ2v) is 6.84. The summed E-state index contributed by atoms with van der Waals surface area (Å²) in [5, 5.41) is 9.16. The molecule has 25 heavy (non-hydrogen) atoms. The number of aliphatic hydroxyl groups is 1. The average Bonchev–Trinajstić information content (AvgIpc) is 2.61. The maximum Gasteiger partial charge on any atom is 0.193 e. The zero-order valence-corrected chi connectivity index (χ0v) is 15.7. The lowest BCUT2D eigenvalue weighted by molar-refractivity contribution is 0.0886. The predicted octanol–water partition coefficient (Wildman–Crippen LogP) is 4.72. The molecule has 0 aromatic heterocycles. The van der Waals surface area contributed by atoms with Crippen LogP contribution in [-0.4, -0.2) is 24.1 Å². The summed E-state index contributed by atoms with van der Waals surface area (Å²) in [6.45, 7) is 10.4.